The fraction of sp³-hybridized carbons (Fsp3) is 0.500. The van der Waals surface area contributed by atoms with Crippen LogP contribution in [0.15, 0.2) is 24.3 Å². The Morgan fingerprint density at radius 2 is 2.28 bits per heavy atom. The highest BCUT2D eigenvalue weighted by molar-refractivity contribution is 6.16. The third kappa shape index (κ3) is 2.02. The SMILES string of the molecule is CC1(Cn2c(CCl)nc3ccccc32)CCCO1. The molecule has 1 aromatic carbocycles. The molecule has 1 atom stereocenters. The zero-order valence-electron chi connectivity index (χ0n) is 10.5. The Bertz CT molecular complexity index is 558. The molecule has 1 saturated heterocycles. The van der Waals surface area contributed by atoms with E-state index in [9.17, 15) is 0 Å². The molecule has 0 amide bonds. The van der Waals surface area contributed by atoms with Gasteiger partial charge in [-0.1, -0.05) is 12.1 Å². The first-order valence-corrected chi connectivity index (χ1v) is 6.89. The topological polar surface area (TPSA) is 27.1 Å². The van der Waals surface area contributed by atoms with Gasteiger partial charge in [0.15, 0.2) is 0 Å². The third-order valence-corrected chi connectivity index (χ3v) is 3.89. The minimum Gasteiger partial charge on any atom is -0.373 e. The van der Waals surface area contributed by atoms with Gasteiger partial charge in [-0.25, -0.2) is 4.98 Å². The highest BCUT2D eigenvalue weighted by Crippen LogP contribution is 2.29. The summed E-state index contributed by atoms with van der Waals surface area (Å²) in [5.74, 6) is 1.36. The lowest BCUT2D eigenvalue weighted by Crippen LogP contribution is -2.30. The number of hydrogen-bond acceptors (Lipinski definition) is 2. The summed E-state index contributed by atoms with van der Waals surface area (Å²) in [4.78, 5) is 4.58. The number of ether oxygens (including phenoxy) is 1. The van der Waals surface area contributed by atoms with Crippen LogP contribution in [0.25, 0.3) is 11.0 Å². The highest BCUT2D eigenvalue weighted by Gasteiger charge is 2.31. The molecule has 0 aliphatic carbocycles. The molecule has 18 heavy (non-hydrogen) atoms. The monoisotopic (exact) mass is 264 g/mol. The number of fused-ring (bicyclic) bond motifs is 1. The maximum absolute atomic E-state index is 6.01. The summed E-state index contributed by atoms with van der Waals surface area (Å²) >= 11 is 6.01. The number of rotatable bonds is 3. The molecule has 0 saturated carbocycles. The zero-order chi connectivity index (χ0) is 12.6. The zero-order valence-corrected chi connectivity index (χ0v) is 11.3. The van der Waals surface area contributed by atoms with Crippen molar-refractivity contribution < 1.29 is 4.74 Å². The fourth-order valence-corrected chi connectivity index (χ4v) is 2.90. The Balaban J connectivity index is 2.04. The Kier molecular flexibility index (Phi) is 3.04. The van der Waals surface area contributed by atoms with Crippen LogP contribution in [0.2, 0.25) is 0 Å². The second-order valence-corrected chi connectivity index (χ2v) is 5.41. The van der Waals surface area contributed by atoms with Crippen molar-refractivity contribution in [2.75, 3.05) is 6.61 Å². The van der Waals surface area contributed by atoms with Crippen LogP contribution in [0.4, 0.5) is 0 Å². The van der Waals surface area contributed by atoms with Crippen LogP contribution < -0.4 is 0 Å². The van der Waals surface area contributed by atoms with Crippen molar-refractivity contribution in [3.05, 3.63) is 30.1 Å². The van der Waals surface area contributed by atoms with Gasteiger partial charge in [0.2, 0.25) is 0 Å². The van der Waals surface area contributed by atoms with Gasteiger partial charge in [-0.05, 0) is 31.9 Å². The molecule has 0 N–H and O–H groups in total. The van der Waals surface area contributed by atoms with Gasteiger partial charge in [0.1, 0.15) is 5.82 Å². The molecule has 1 fully saturated rings. The van der Waals surface area contributed by atoms with Gasteiger partial charge in [-0.3, -0.25) is 0 Å². The van der Waals surface area contributed by atoms with Gasteiger partial charge in [0.05, 0.1) is 29.1 Å². The van der Waals surface area contributed by atoms with Crippen LogP contribution in [0.5, 0.6) is 0 Å². The van der Waals surface area contributed by atoms with Crippen molar-refractivity contribution in [3.8, 4) is 0 Å². The molecule has 0 radical (unpaired) electrons. The summed E-state index contributed by atoms with van der Waals surface area (Å²) < 4.78 is 8.07. The number of para-hydroxylation sites is 2. The molecule has 1 aromatic heterocycles. The third-order valence-electron chi connectivity index (χ3n) is 3.65. The number of hydrogen-bond donors (Lipinski definition) is 0. The van der Waals surface area contributed by atoms with Gasteiger partial charge in [0, 0.05) is 6.61 Å². The highest BCUT2D eigenvalue weighted by atomic mass is 35.5. The molecule has 1 aliphatic rings. The van der Waals surface area contributed by atoms with E-state index in [1.54, 1.807) is 0 Å². The first-order chi connectivity index (χ1) is 8.72. The smallest absolute Gasteiger partial charge is 0.124 e. The molecule has 2 heterocycles. The Labute approximate surface area is 112 Å². The van der Waals surface area contributed by atoms with Gasteiger partial charge < -0.3 is 9.30 Å². The molecule has 1 aliphatic heterocycles. The quantitative estimate of drug-likeness (QED) is 0.795. The summed E-state index contributed by atoms with van der Waals surface area (Å²) in [6.45, 7) is 3.86. The number of aromatic nitrogens is 2. The Morgan fingerprint density at radius 1 is 1.44 bits per heavy atom. The van der Waals surface area contributed by atoms with Crippen LogP contribution in [0.3, 0.4) is 0 Å². The van der Waals surface area contributed by atoms with E-state index in [0.29, 0.717) is 5.88 Å². The first-order valence-electron chi connectivity index (χ1n) is 6.36. The maximum atomic E-state index is 6.01. The van der Waals surface area contributed by atoms with Crippen molar-refractivity contribution in [2.45, 2.75) is 37.8 Å². The lowest BCUT2D eigenvalue weighted by molar-refractivity contribution is 0.00661. The average molecular weight is 265 g/mol. The van der Waals surface area contributed by atoms with E-state index >= 15 is 0 Å². The lowest BCUT2D eigenvalue weighted by Gasteiger charge is -2.24. The fourth-order valence-electron chi connectivity index (χ4n) is 2.70. The van der Waals surface area contributed by atoms with Crippen molar-refractivity contribution in [1.82, 2.24) is 9.55 Å². The molecule has 2 aromatic rings. The molecule has 96 valence electrons. The molecule has 0 spiro atoms. The molecule has 3 rings (SSSR count). The first kappa shape index (κ1) is 12.0. The molecular weight excluding hydrogens is 248 g/mol. The standard InChI is InChI=1S/C14H17ClN2O/c1-14(7-4-8-18-14)10-17-12-6-3-2-5-11(12)16-13(17)9-15/h2-3,5-6H,4,7-10H2,1H3. The molecule has 1 unspecified atom stereocenters. The Hall–Kier alpha value is -1.06. The molecule has 4 heteroatoms. The van der Waals surface area contributed by atoms with Gasteiger partial charge in [0.25, 0.3) is 0 Å². The van der Waals surface area contributed by atoms with E-state index in [1.165, 1.54) is 0 Å². The lowest BCUT2D eigenvalue weighted by atomic mass is 10.0. The Morgan fingerprint density at radius 3 is 3.00 bits per heavy atom. The van der Waals surface area contributed by atoms with Crippen LogP contribution in [0, 0.1) is 0 Å². The van der Waals surface area contributed by atoms with Crippen molar-refractivity contribution in [3.63, 3.8) is 0 Å². The number of nitrogens with zero attached hydrogens (tertiary/aromatic N) is 2. The molecule has 0 bridgehead atoms. The summed E-state index contributed by atoms with van der Waals surface area (Å²) in [5, 5.41) is 0. The number of imidazole rings is 1. The maximum Gasteiger partial charge on any atom is 0.124 e. The molecular formula is C14H17ClN2O. The normalized spacial score (nSPS) is 23.9. The largest absolute Gasteiger partial charge is 0.373 e. The van der Waals surface area contributed by atoms with Gasteiger partial charge >= 0.3 is 0 Å². The minimum absolute atomic E-state index is 0.0791. The average Bonchev–Trinajstić information content (AvgIpc) is 2.95. The van der Waals surface area contributed by atoms with E-state index in [4.69, 9.17) is 16.3 Å². The number of halogens is 1. The summed E-state index contributed by atoms with van der Waals surface area (Å²) in [7, 11) is 0. The van der Waals surface area contributed by atoms with Crippen LogP contribution in [0.1, 0.15) is 25.6 Å². The van der Waals surface area contributed by atoms with E-state index in [0.717, 1.165) is 42.9 Å². The van der Waals surface area contributed by atoms with Crippen molar-refractivity contribution >= 4 is 22.6 Å². The van der Waals surface area contributed by atoms with E-state index < -0.39 is 0 Å². The van der Waals surface area contributed by atoms with Crippen LogP contribution in [-0.4, -0.2) is 21.8 Å². The second kappa shape index (κ2) is 4.56. The predicted molar refractivity (Wildman–Crippen MR) is 72.9 cm³/mol. The molecule has 3 nitrogen and oxygen atoms in total. The van der Waals surface area contributed by atoms with Gasteiger partial charge in [-0.15, -0.1) is 11.6 Å². The van der Waals surface area contributed by atoms with Gasteiger partial charge in [-0.2, -0.15) is 0 Å². The van der Waals surface area contributed by atoms with E-state index in [2.05, 4.69) is 22.5 Å². The summed E-state index contributed by atoms with van der Waals surface area (Å²) in [6, 6.07) is 8.16. The number of alkyl halides is 1. The number of benzene rings is 1. The van der Waals surface area contributed by atoms with E-state index in [-0.39, 0.29) is 5.60 Å². The van der Waals surface area contributed by atoms with Crippen molar-refractivity contribution in [1.29, 1.82) is 0 Å². The summed E-state index contributed by atoms with van der Waals surface area (Å²) in [5.41, 5.74) is 2.07. The van der Waals surface area contributed by atoms with Crippen LogP contribution in [-0.2, 0) is 17.2 Å². The second-order valence-electron chi connectivity index (χ2n) is 5.14. The van der Waals surface area contributed by atoms with Crippen LogP contribution >= 0.6 is 11.6 Å². The van der Waals surface area contributed by atoms with Crippen molar-refractivity contribution in [2.24, 2.45) is 0 Å². The predicted octanol–water partition coefficient (Wildman–Crippen LogP) is 3.34. The minimum atomic E-state index is -0.0791. The van der Waals surface area contributed by atoms with E-state index in [1.807, 2.05) is 18.2 Å². The summed E-state index contributed by atoms with van der Waals surface area (Å²) in [6.07, 6.45) is 2.24.